The molecule has 3 aromatic heterocycles. The molecule has 12 heteroatoms. The summed E-state index contributed by atoms with van der Waals surface area (Å²) < 4.78 is 10.00. The molecule has 1 unspecified atom stereocenters. The van der Waals surface area contributed by atoms with E-state index in [-0.39, 0.29) is 30.5 Å². The van der Waals surface area contributed by atoms with Gasteiger partial charge in [0.15, 0.2) is 17.0 Å². The fourth-order valence-electron chi connectivity index (χ4n) is 9.30. The van der Waals surface area contributed by atoms with Crippen molar-refractivity contribution in [1.82, 2.24) is 39.4 Å². The third-order valence-corrected chi connectivity index (χ3v) is 12.5. The number of nitrogens with zero attached hydrogens (tertiary/aromatic N) is 9. The predicted octanol–water partition coefficient (Wildman–Crippen LogP) is 5.51. The van der Waals surface area contributed by atoms with Crippen LogP contribution >= 0.6 is 0 Å². The Bertz CT molecular complexity index is 1850. The van der Waals surface area contributed by atoms with E-state index >= 15 is 0 Å². The van der Waals surface area contributed by atoms with Crippen molar-refractivity contribution in [1.29, 1.82) is 0 Å². The van der Waals surface area contributed by atoms with Crippen molar-refractivity contribution >= 4 is 28.7 Å². The van der Waals surface area contributed by atoms with Gasteiger partial charge >= 0.3 is 5.97 Å². The number of aromatic nitrogens is 7. The largest absolute Gasteiger partial charge is 0.460 e. The van der Waals surface area contributed by atoms with Crippen LogP contribution in [0.4, 0.5) is 5.82 Å². The molecule has 1 aromatic carbocycles. The van der Waals surface area contributed by atoms with Crippen molar-refractivity contribution in [2.24, 2.45) is 35.0 Å². The molecule has 3 aliphatic rings. The van der Waals surface area contributed by atoms with E-state index in [0.29, 0.717) is 42.2 Å². The molecule has 4 heterocycles. The van der Waals surface area contributed by atoms with Crippen LogP contribution in [0.15, 0.2) is 43.1 Å². The summed E-state index contributed by atoms with van der Waals surface area (Å²) in [4.78, 5) is 45.5. The number of hydrogen-bond donors (Lipinski definition) is 0. The van der Waals surface area contributed by atoms with Gasteiger partial charge in [0.05, 0.1) is 19.1 Å². The summed E-state index contributed by atoms with van der Waals surface area (Å²) in [6.07, 6.45) is 9.26. The number of anilines is 1. The number of rotatable bonds is 9. The summed E-state index contributed by atoms with van der Waals surface area (Å²) in [5, 5.41) is 8.67. The maximum Gasteiger partial charge on any atom is 0.328 e. The summed E-state index contributed by atoms with van der Waals surface area (Å²) in [6.45, 7) is 15.6. The van der Waals surface area contributed by atoms with Crippen molar-refractivity contribution in [3.05, 3.63) is 48.7 Å². The zero-order chi connectivity index (χ0) is 35.9. The number of Topliss-reactive ketones (excluding diaryl/α,β-unsaturated/α-hetero) is 1. The first-order chi connectivity index (χ1) is 24.5. The molecular formula is C39H53N9O3. The van der Waals surface area contributed by atoms with Gasteiger partial charge in [-0.1, -0.05) is 70.5 Å². The van der Waals surface area contributed by atoms with Gasteiger partial charge < -0.3 is 19.1 Å². The zero-order valence-corrected chi connectivity index (χ0v) is 31.0. The Morgan fingerprint density at radius 2 is 1.82 bits per heavy atom. The molecule has 7 atom stereocenters. The minimum atomic E-state index is -0.413. The van der Waals surface area contributed by atoms with Crippen molar-refractivity contribution in [2.75, 3.05) is 38.1 Å². The number of hydrogen-bond acceptors (Lipinski definition) is 10. The summed E-state index contributed by atoms with van der Waals surface area (Å²) >= 11 is 0. The van der Waals surface area contributed by atoms with E-state index in [0.717, 1.165) is 80.0 Å². The lowest BCUT2D eigenvalue weighted by molar-refractivity contribution is -0.172. The van der Waals surface area contributed by atoms with Gasteiger partial charge in [-0.25, -0.2) is 19.6 Å². The van der Waals surface area contributed by atoms with Crippen LogP contribution in [-0.4, -0.2) is 90.5 Å². The molecule has 2 aliphatic carbocycles. The van der Waals surface area contributed by atoms with Gasteiger partial charge in [-0.05, 0) is 55.5 Å². The lowest BCUT2D eigenvalue weighted by Gasteiger charge is -2.50. The van der Waals surface area contributed by atoms with Crippen LogP contribution in [0, 0.1) is 35.0 Å². The van der Waals surface area contributed by atoms with Gasteiger partial charge in [-0.3, -0.25) is 9.59 Å². The number of fused-ring (bicyclic) bond motifs is 2. The summed E-state index contributed by atoms with van der Waals surface area (Å²) in [5.74, 6) is 2.30. The van der Waals surface area contributed by atoms with Crippen molar-refractivity contribution < 1.29 is 14.3 Å². The summed E-state index contributed by atoms with van der Waals surface area (Å²) in [6, 6.07) is 8.19. The number of ether oxygens (including phenoxy) is 1. The Morgan fingerprint density at radius 3 is 2.57 bits per heavy atom. The molecule has 51 heavy (non-hydrogen) atoms. The quantitative estimate of drug-likeness (QED) is 0.207. The summed E-state index contributed by atoms with van der Waals surface area (Å²) in [7, 11) is 2.14. The number of benzene rings is 1. The number of carbonyl (C=O) groups excluding carboxylic acids is 2. The first-order valence-electron chi connectivity index (χ1n) is 18.9. The van der Waals surface area contributed by atoms with Crippen LogP contribution in [0.3, 0.4) is 0 Å². The average molecular weight is 696 g/mol. The van der Waals surface area contributed by atoms with Crippen LogP contribution < -0.4 is 4.90 Å². The molecule has 272 valence electrons. The van der Waals surface area contributed by atoms with Gasteiger partial charge in [0.25, 0.3) is 0 Å². The van der Waals surface area contributed by atoms with Gasteiger partial charge in [0.2, 0.25) is 0 Å². The van der Waals surface area contributed by atoms with Crippen LogP contribution in [0.1, 0.15) is 72.3 Å². The lowest BCUT2D eigenvalue weighted by Crippen LogP contribution is -2.52. The molecule has 0 spiro atoms. The molecule has 7 rings (SSSR count). The number of esters is 1. The van der Waals surface area contributed by atoms with Crippen LogP contribution in [0.5, 0.6) is 0 Å². The molecule has 4 aromatic rings. The van der Waals surface area contributed by atoms with E-state index in [4.69, 9.17) is 9.72 Å². The first-order valence-corrected chi connectivity index (χ1v) is 18.9. The molecule has 1 saturated heterocycles. The highest BCUT2D eigenvalue weighted by atomic mass is 16.5. The Balaban J connectivity index is 1.02. The minimum absolute atomic E-state index is 0.0311. The number of ketones is 1. The summed E-state index contributed by atoms with van der Waals surface area (Å²) in [5.41, 5.74) is 3.93. The van der Waals surface area contributed by atoms with E-state index in [1.807, 2.05) is 18.5 Å². The molecular weight excluding hydrogens is 642 g/mol. The molecule has 0 radical (unpaired) electrons. The standard InChI is InChI=1S/C39H53N9O3/c1-7-27(4)39(5)33(19-25(2)18-26(3)30-12-13-32(49)35(30)39)51-34(50)22-48-21-31(43-44-48)29-10-8-28(9-11-29)20-47-24-42-36-37(40-23-41-38(36)47)46-16-14-45(6)15-17-46/h8-11,21,23-27,30,33,35H,7,12-20,22H2,1-6H3/t25-,26+,27-,30?,33-,35+,39+/m1/s1. The molecule has 0 N–H and O–H groups in total. The second-order valence-corrected chi connectivity index (χ2v) is 15.9. The molecule has 1 aliphatic heterocycles. The van der Waals surface area contributed by atoms with Gasteiger partial charge in [0, 0.05) is 49.5 Å². The number of likely N-dealkylation sites (N-methyl/N-ethyl adjacent to an activating group) is 1. The van der Waals surface area contributed by atoms with Gasteiger partial charge in [0.1, 0.15) is 30.5 Å². The fraction of sp³-hybridized carbons (Fsp3) is 0.615. The first kappa shape index (κ1) is 35.2. The highest BCUT2D eigenvalue weighted by Gasteiger charge is 2.56. The van der Waals surface area contributed by atoms with E-state index in [1.54, 1.807) is 17.2 Å². The Hall–Kier alpha value is -4.19. The third-order valence-electron chi connectivity index (χ3n) is 12.5. The van der Waals surface area contributed by atoms with E-state index in [9.17, 15) is 9.59 Å². The molecule has 0 amide bonds. The molecule has 3 fully saturated rings. The zero-order valence-electron chi connectivity index (χ0n) is 31.0. The van der Waals surface area contributed by atoms with Crippen LogP contribution in [0.2, 0.25) is 0 Å². The smallest absolute Gasteiger partial charge is 0.328 e. The number of carbonyl (C=O) groups is 2. The average Bonchev–Trinajstić information content (AvgIpc) is 3.86. The van der Waals surface area contributed by atoms with Crippen LogP contribution in [-0.2, 0) is 27.4 Å². The molecule has 2 saturated carbocycles. The number of imidazole rings is 1. The Morgan fingerprint density at radius 1 is 1.06 bits per heavy atom. The molecule has 0 bridgehead atoms. The minimum Gasteiger partial charge on any atom is -0.460 e. The van der Waals surface area contributed by atoms with Crippen molar-refractivity contribution in [3.8, 4) is 11.3 Å². The second kappa shape index (κ2) is 14.4. The van der Waals surface area contributed by atoms with Crippen molar-refractivity contribution in [3.63, 3.8) is 0 Å². The van der Waals surface area contributed by atoms with Crippen molar-refractivity contribution in [2.45, 2.75) is 85.9 Å². The van der Waals surface area contributed by atoms with E-state index < -0.39 is 5.41 Å². The van der Waals surface area contributed by atoms with E-state index in [1.165, 1.54) is 0 Å². The SMILES string of the molecule is CC[C@@H](C)[C@]1(C)[C@@H]2C(=O)CCC2[C@@H](C)C[C@@H](C)C[C@H]1OC(=O)Cn1cc(-c2ccc(Cn3cnc4c(N5CCN(C)CC5)ncnc43)cc2)nn1. The van der Waals surface area contributed by atoms with Gasteiger partial charge in [-0.15, -0.1) is 5.10 Å². The fourth-order valence-corrected chi connectivity index (χ4v) is 9.30. The normalized spacial score (nSPS) is 28.0. The maximum atomic E-state index is 13.6. The highest BCUT2D eigenvalue weighted by molar-refractivity contribution is 5.85. The molecule has 12 nitrogen and oxygen atoms in total. The second-order valence-electron chi connectivity index (χ2n) is 15.9. The maximum absolute atomic E-state index is 13.6. The monoisotopic (exact) mass is 695 g/mol. The Labute approximate surface area is 301 Å². The third kappa shape index (κ3) is 6.91. The van der Waals surface area contributed by atoms with Crippen LogP contribution in [0.25, 0.3) is 22.4 Å². The Kier molecular flexibility index (Phi) is 9.97. The predicted molar refractivity (Wildman–Crippen MR) is 196 cm³/mol. The highest BCUT2D eigenvalue weighted by Crippen LogP contribution is 2.55. The van der Waals surface area contributed by atoms with E-state index in [2.05, 4.69) is 88.4 Å². The van der Waals surface area contributed by atoms with Gasteiger partial charge in [-0.2, -0.15) is 0 Å². The topological polar surface area (TPSA) is 124 Å². The number of piperazine rings is 1. The lowest BCUT2D eigenvalue weighted by atomic mass is 9.56.